The third kappa shape index (κ3) is 11.2. The number of aromatic nitrogens is 3. The van der Waals surface area contributed by atoms with Gasteiger partial charge in [0.1, 0.15) is 23.5 Å². The number of H-pyrrole nitrogens is 1. The summed E-state index contributed by atoms with van der Waals surface area (Å²) < 4.78 is 57.4. The Labute approximate surface area is 401 Å². The predicted molar refractivity (Wildman–Crippen MR) is 257 cm³/mol. The van der Waals surface area contributed by atoms with Crippen molar-refractivity contribution in [2.45, 2.75) is 84.5 Å². The van der Waals surface area contributed by atoms with Gasteiger partial charge in [-0.05, 0) is 59.2 Å². The number of likely N-dealkylation sites (tertiary alicyclic amines) is 1. The minimum atomic E-state index is -3.96. The van der Waals surface area contributed by atoms with Crippen LogP contribution in [0.5, 0.6) is 0 Å². The fraction of sp³-hybridized carbons (Fsp3) is 0.327. The molecular formula is C49H52F2N8O8S2. The Hall–Kier alpha value is -6.90. The van der Waals surface area contributed by atoms with Gasteiger partial charge in [0.15, 0.2) is 5.82 Å². The molecule has 20 heteroatoms. The first-order valence-electron chi connectivity index (χ1n) is 22.1. The molecule has 3 aromatic heterocycles. The fourth-order valence-electron chi connectivity index (χ4n) is 8.29. The van der Waals surface area contributed by atoms with E-state index < -0.39 is 98.3 Å². The number of aryl methyl sites for hydroxylation is 1. The number of anilines is 1. The molecule has 69 heavy (non-hydrogen) atoms. The molecule has 7 rings (SSSR count). The van der Waals surface area contributed by atoms with Crippen LogP contribution < -0.4 is 21.1 Å². The number of nitrogens with zero attached hydrogens (tertiary/aromatic N) is 3. The molecule has 1 unspecified atom stereocenters. The number of aliphatic hydroxyl groups is 1. The summed E-state index contributed by atoms with van der Waals surface area (Å²) >= 11 is 1.54. The third-order valence-corrected chi connectivity index (χ3v) is 14.4. The molecule has 1 saturated heterocycles. The smallest absolute Gasteiger partial charge is 0.246 e. The van der Waals surface area contributed by atoms with Crippen molar-refractivity contribution < 1.29 is 46.3 Å². The van der Waals surface area contributed by atoms with Crippen molar-refractivity contribution in [3.63, 3.8) is 0 Å². The Morgan fingerprint density at radius 3 is 2.32 bits per heavy atom. The van der Waals surface area contributed by atoms with E-state index in [-0.39, 0.29) is 48.3 Å². The summed E-state index contributed by atoms with van der Waals surface area (Å²) in [6.07, 6.45) is 1.58. The molecule has 1 fully saturated rings. The highest BCUT2D eigenvalue weighted by molar-refractivity contribution is 7.92. The van der Waals surface area contributed by atoms with E-state index in [4.69, 9.17) is 5.73 Å². The number of halogens is 2. The predicted octanol–water partition coefficient (Wildman–Crippen LogP) is 6.09. The maximum Gasteiger partial charge on any atom is 0.246 e. The van der Waals surface area contributed by atoms with Crippen molar-refractivity contribution in [3.05, 3.63) is 124 Å². The summed E-state index contributed by atoms with van der Waals surface area (Å²) in [4.78, 5) is 82.0. The van der Waals surface area contributed by atoms with E-state index in [1.54, 1.807) is 63.5 Å². The van der Waals surface area contributed by atoms with Gasteiger partial charge in [0.05, 0.1) is 45.1 Å². The van der Waals surface area contributed by atoms with E-state index >= 15 is 8.78 Å². The van der Waals surface area contributed by atoms with Gasteiger partial charge in [0, 0.05) is 54.8 Å². The number of amides is 4. The lowest BCUT2D eigenvalue weighted by Gasteiger charge is -2.35. The SMILES string of the molecule is CCCS(=O)(=O)Nc1ccc(F)c(C(=O)c2c[nH]c3ncc(-c4ccc(C(CC(=O)N[C@H](C(=O)N5C[C@H](O)C[C@H]5C(=O)NCc5ccc(-c6scnc6C)cc5)C(C)(C)C)C(N)=O)cc4)cc23)c1F. The molecule has 4 atom stereocenters. The quantitative estimate of drug-likeness (QED) is 0.0574. The summed E-state index contributed by atoms with van der Waals surface area (Å²) in [5, 5.41) is 16.5. The number of β-amino-alcohol motifs (C(OH)–C–C–N with tert-alkyl or cyclic N) is 1. The van der Waals surface area contributed by atoms with Crippen LogP contribution in [-0.4, -0.2) is 93.3 Å². The summed E-state index contributed by atoms with van der Waals surface area (Å²) in [6, 6.07) is 15.2. The number of thiazole rings is 1. The van der Waals surface area contributed by atoms with Gasteiger partial charge in [-0.3, -0.25) is 28.7 Å². The minimum Gasteiger partial charge on any atom is -0.391 e. The van der Waals surface area contributed by atoms with E-state index in [0.29, 0.717) is 16.7 Å². The van der Waals surface area contributed by atoms with Gasteiger partial charge in [-0.25, -0.2) is 27.2 Å². The van der Waals surface area contributed by atoms with Gasteiger partial charge in [-0.2, -0.15) is 0 Å². The van der Waals surface area contributed by atoms with Crippen LogP contribution in [0, 0.1) is 24.0 Å². The molecule has 0 aliphatic carbocycles. The second-order valence-corrected chi connectivity index (χ2v) is 20.8. The number of fused-ring (bicyclic) bond motifs is 1. The summed E-state index contributed by atoms with van der Waals surface area (Å²) in [6.45, 7) is 8.84. The van der Waals surface area contributed by atoms with Gasteiger partial charge in [0.2, 0.25) is 39.4 Å². The second kappa shape index (κ2) is 20.4. The highest BCUT2D eigenvalue weighted by Crippen LogP contribution is 2.33. The van der Waals surface area contributed by atoms with Crippen LogP contribution in [0.15, 0.2) is 84.6 Å². The number of nitrogens with two attached hydrogens (primary N) is 1. The van der Waals surface area contributed by atoms with Crippen LogP contribution in [0.2, 0.25) is 0 Å². The van der Waals surface area contributed by atoms with Crippen molar-refractivity contribution in [3.8, 4) is 21.6 Å². The molecule has 362 valence electrons. The van der Waals surface area contributed by atoms with Crippen molar-refractivity contribution in [2.75, 3.05) is 17.0 Å². The van der Waals surface area contributed by atoms with Crippen molar-refractivity contribution in [1.29, 1.82) is 0 Å². The lowest BCUT2D eigenvalue weighted by molar-refractivity contribution is -0.144. The molecule has 4 amide bonds. The monoisotopic (exact) mass is 982 g/mol. The van der Waals surface area contributed by atoms with E-state index in [9.17, 15) is 37.5 Å². The number of aromatic amines is 1. The fourth-order valence-corrected chi connectivity index (χ4v) is 10.2. The van der Waals surface area contributed by atoms with E-state index in [2.05, 4.69) is 30.3 Å². The van der Waals surface area contributed by atoms with Crippen LogP contribution in [-0.2, 0) is 35.7 Å². The molecule has 0 saturated carbocycles. The molecule has 16 nitrogen and oxygen atoms in total. The average molecular weight is 983 g/mol. The van der Waals surface area contributed by atoms with E-state index in [0.717, 1.165) is 33.8 Å². The van der Waals surface area contributed by atoms with Gasteiger partial charge in [-0.1, -0.05) is 76.2 Å². The minimum absolute atomic E-state index is 0.00155. The number of hydrogen-bond donors (Lipinski definition) is 6. The van der Waals surface area contributed by atoms with Crippen molar-refractivity contribution >= 4 is 67.5 Å². The Kier molecular flexibility index (Phi) is 14.8. The number of carbonyl (C=O) groups excluding carboxylic acids is 5. The number of rotatable bonds is 17. The van der Waals surface area contributed by atoms with Gasteiger partial charge in [0.25, 0.3) is 0 Å². The zero-order valence-electron chi connectivity index (χ0n) is 38.4. The summed E-state index contributed by atoms with van der Waals surface area (Å²) in [5.74, 6) is -7.58. The van der Waals surface area contributed by atoms with Crippen LogP contribution in [0.1, 0.15) is 85.6 Å². The Balaban J connectivity index is 1.03. The number of sulfonamides is 1. The highest BCUT2D eigenvalue weighted by Gasteiger charge is 2.44. The van der Waals surface area contributed by atoms with Gasteiger partial charge in [-0.15, -0.1) is 11.3 Å². The first-order chi connectivity index (χ1) is 32.6. The maximum absolute atomic E-state index is 15.6. The van der Waals surface area contributed by atoms with Gasteiger partial charge >= 0.3 is 0 Å². The highest BCUT2D eigenvalue weighted by atomic mass is 32.2. The van der Waals surface area contributed by atoms with E-state index in [1.807, 2.05) is 31.2 Å². The lowest BCUT2D eigenvalue weighted by atomic mass is 9.85. The Morgan fingerprint density at radius 2 is 1.68 bits per heavy atom. The number of nitrogens with one attached hydrogen (secondary N) is 4. The van der Waals surface area contributed by atoms with Crippen LogP contribution >= 0.6 is 11.3 Å². The van der Waals surface area contributed by atoms with Crippen LogP contribution in [0.4, 0.5) is 14.5 Å². The Morgan fingerprint density at radius 1 is 0.986 bits per heavy atom. The number of aliphatic hydroxyl groups excluding tert-OH is 1. The number of pyridine rings is 1. The number of hydrogen-bond acceptors (Lipinski definition) is 11. The molecule has 1 aliphatic rings. The zero-order chi connectivity index (χ0) is 49.9. The molecular weight excluding hydrogens is 931 g/mol. The van der Waals surface area contributed by atoms with Crippen molar-refractivity contribution in [1.82, 2.24) is 30.5 Å². The maximum atomic E-state index is 15.6. The average Bonchev–Trinajstić information content (AvgIpc) is 4.05. The summed E-state index contributed by atoms with van der Waals surface area (Å²) in [5.41, 5.74) is 9.46. The number of primary amides is 1. The number of ketones is 1. The molecule has 0 spiro atoms. The molecule has 6 aromatic rings. The number of carbonyl (C=O) groups is 5. The normalized spacial score (nSPS) is 16.0. The van der Waals surface area contributed by atoms with Crippen LogP contribution in [0.3, 0.4) is 0 Å². The van der Waals surface area contributed by atoms with Crippen LogP contribution in [0.25, 0.3) is 32.6 Å². The lowest BCUT2D eigenvalue weighted by Crippen LogP contribution is -2.57. The molecule has 1 aliphatic heterocycles. The molecule has 7 N–H and O–H groups in total. The standard InChI is InChI=1S/C49H52F2N8O8S2/c1-6-17-69(66,67)58-37-16-15-36(50)40(41(37)51)42(62)35-23-54-46-34(35)18-31(22-53-46)28-11-13-29(14-12-28)33(45(52)63)20-39(61)57-44(49(3,4)5)48(65)59-24-32(60)19-38(59)47(64)55-21-27-7-9-30(10-8-27)43-26(2)56-25-68-43/h7-16,18,22-23,25,32-33,38,44,58,60H,6,17,19-21,24H2,1-5H3,(H2,52,63)(H,53,54)(H,55,64)(H,57,61)/t32-,33?,38+,44-/m1/s1. The second-order valence-electron chi connectivity index (χ2n) is 18.1. The first kappa shape index (κ1) is 50.0. The molecule has 4 heterocycles. The first-order valence-corrected chi connectivity index (χ1v) is 24.6. The van der Waals surface area contributed by atoms with Crippen molar-refractivity contribution in [2.24, 2.45) is 11.1 Å². The number of benzene rings is 3. The topological polar surface area (TPSA) is 247 Å². The van der Waals surface area contributed by atoms with Gasteiger partial charge < -0.3 is 31.4 Å². The van der Waals surface area contributed by atoms with E-state index in [1.165, 1.54) is 28.6 Å². The Bertz CT molecular complexity index is 3040. The molecule has 3 aromatic carbocycles. The third-order valence-electron chi connectivity index (χ3n) is 11.9. The summed E-state index contributed by atoms with van der Waals surface area (Å²) in [7, 11) is -3.96. The molecule has 0 radical (unpaired) electrons. The largest absolute Gasteiger partial charge is 0.391 e. The molecule has 0 bridgehead atoms. The zero-order valence-corrected chi connectivity index (χ0v) is 40.1.